The summed E-state index contributed by atoms with van der Waals surface area (Å²) >= 11 is 0. The monoisotopic (exact) mass is 983 g/mol. The van der Waals surface area contributed by atoms with Gasteiger partial charge in [-0.05, 0) is 138 Å². The summed E-state index contributed by atoms with van der Waals surface area (Å²) in [5.74, 6) is 0.903. The molecule has 15 heteroatoms. The van der Waals surface area contributed by atoms with Gasteiger partial charge in [-0.25, -0.2) is 23.4 Å². The van der Waals surface area contributed by atoms with E-state index in [4.69, 9.17) is 20.6 Å². The van der Waals surface area contributed by atoms with Gasteiger partial charge >= 0.3 is 0 Å². The number of aromatic nitrogens is 6. The fourth-order valence-corrected chi connectivity index (χ4v) is 10.4. The van der Waals surface area contributed by atoms with Crippen molar-refractivity contribution in [3.05, 3.63) is 106 Å². The summed E-state index contributed by atoms with van der Waals surface area (Å²) in [7, 11) is 0. The summed E-state index contributed by atoms with van der Waals surface area (Å²) in [6, 6.07) is 21.3. The summed E-state index contributed by atoms with van der Waals surface area (Å²) < 4.78 is 18.8. The number of aryl methyl sites for hydroxylation is 2. The smallest absolute Gasteiger partial charge is 0.272 e. The summed E-state index contributed by atoms with van der Waals surface area (Å²) in [5, 5.41) is 27.5. The second-order valence-corrected chi connectivity index (χ2v) is 20.7. The zero-order valence-electron chi connectivity index (χ0n) is 42.9. The maximum absolute atomic E-state index is 15.3. The topological polar surface area (TPSA) is 173 Å². The molecule has 2 amide bonds. The van der Waals surface area contributed by atoms with Crippen molar-refractivity contribution >= 4 is 34.5 Å². The molecular weight excluding hydrogens is 916 g/mol. The molecule has 2 unspecified atom stereocenters. The standard InChI is InChI=1S/C29H33FN6O.C29H34N6O/c1-3-23-16-27(29(37)35-12-6-4-5-7-19(35)2)33-28-17-26(34-36(23)28)24-11-10-21(15-25(24)30)14-22(32-18-31)13-20-8-9-20;1-3-25-17-27(29(36)34-14-6-4-5-7-20(34)2)32-28-18-26(33-35(25)28)23-12-10-22(11-13-23)16-24(31-19-30)15-21-8-9-21/h10-11,15-17,19-20H,3-9,12-14H2,1-2H3;10-13,17-18,20-21H,3-9,14-16H2,1-2H3. The minimum absolute atomic E-state index is 0.0229. The minimum atomic E-state index is -0.378. The van der Waals surface area contributed by atoms with Crippen LogP contribution in [-0.2, 0) is 25.7 Å². The van der Waals surface area contributed by atoms with Crippen LogP contribution in [-0.4, -0.2) is 87.4 Å². The zero-order chi connectivity index (χ0) is 51.0. The molecule has 10 rings (SSSR count). The lowest BCUT2D eigenvalue weighted by Gasteiger charge is -2.27. The first-order valence-electron chi connectivity index (χ1n) is 26.7. The van der Waals surface area contributed by atoms with E-state index in [9.17, 15) is 9.59 Å². The molecule has 4 fully saturated rings. The number of carbonyl (C=O) groups is 2. The van der Waals surface area contributed by atoms with Gasteiger partial charge in [-0.2, -0.15) is 30.7 Å². The van der Waals surface area contributed by atoms with E-state index in [1.165, 1.54) is 44.6 Å². The van der Waals surface area contributed by atoms with Gasteiger partial charge in [0, 0.05) is 84.1 Å². The quantitative estimate of drug-likeness (QED) is 0.0766. The molecule has 2 saturated carbocycles. The molecule has 0 N–H and O–H groups in total. The van der Waals surface area contributed by atoms with Crippen molar-refractivity contribution in [1.29, 1.82) is 10.5 Å². The number of hydrogen-bond donors (Lipinski definition) is 0. The van der Waals surface area contributed by atoms with Crippen molar-refractivity contribution in [3.63, 3.8) is 0 Å². The lowest BCUT2D eigenvalue weighted by atomic mass is 10.0. The summed E-state index contributed by atoms with van der Waals surface area (Å²) in [5.41, 5.74) is 10.4. The first-order valence-corrected chi connectivity index (χ1v) is 26.7. The van der Waals surface area contributed by atoms with Gasteiger partial charge in [0.25, 0.3) is 11.8 Å². The van der Waals surface area contributed by atoms with E-state index in [-0.39, 0.29) is 29.7 Å². The molecule has 6 heterocycles. The van der Waals surface area contributed by atoms with E-state index in [0.29, 0.717) is 65.0 Å². The number of carbonyl (C=O) groups excluding carboxylic acids is 2. The lowest BCUT2D eigenvalue weighted by Crippen LogP contribution is -2.38. The number of amides is 2. The molecule has 14 nitrogen and oxygen atoms in total. The van der Waals surface area contributed by atoms with Gasteiger partial charge in [-0.3, -0.25) is 9.59 Å². The third-order valence-corrected chi connectivity index (χ3v) is 15.0. The van der Waals surface area contributed by atoms with Gasteiger partial charge in [-0.1, -0.05) is 69.9 Å². The average molecular weight is 983 g/mol. The Balaban J connectivity index is 0.000000180. The fraction of sp³-hybridized carbons (Fsp3) is 0.483. The lowest BCUT2D eigenvalue weighted by molar-refractivity contribution is 0.0684. The molecule has 2 saturated heterocycles. The van der Waals surface area contributed by atoms with Crippen LogP contribution in [0.1, 0.15) is 161 Å². The number of nitrogens with zero attached hydrogens (tertiary/aromatic N) is 12. The largest absolute Gasteiger partial charge is 0.335 e. The van der Waals surface area contributed by atoms with Crippen molar-refractivity contribution in [1.82, 2.24) is 39.0 Å². The van der Waals surface area contributed by atoms with Crippen molar-refractivity contribution in [2.75, 3.05) is 13.1 Å². The van der Waals surface area contributed by atoms with Gasteiger partial charge < -0.3 is 9.80 Å². The number of aliphatic imine (C=N–C) groups is 2. The highest BCUT2D eigenvalue weighted by atomic mass is 19.1. The van der Waals surface area contributed by atoms with Gasteiger partial charge in [-0.15, -0.1) is 0 Å². The number of hydrogen-bond acceptors (Lipinski definition) is 10. The number of halogens is 1. The van der Waals surface area contributed by atoms with Crippen LogP contribution in [0.15, 0.2) is 76.7 Å². The molecule has 4 aromatic heterocycles. The van der Waals surface area contributed by atoms with Crippen LogP contribution in [0, 0.1) is 40.6 Å². The molecular formula is C58H67FN12O2. The van der Waals surface area contributed by atoms with Gasteiger partial charge in [0.2, 0.25) is 12.4 Å². The SMILES string of the molecule is CCc1cc(C(=O)N2CCCCCC2C)nc2cc(-c3ccc(CC(CC4CC4)=NC#N)cc3)nn12.CCc1cc(C(=O)N2CCCCCC2C)nc2cc(-c3ccc(CC(CC4CC4)=NC#N)cc3F)nn12. The molecule has 4 aliphatic rings. The Morgan fingerprint density at radius 3 is 1.58 bits per heavy atom. The third kappa shape index (κ3) is 12.4. The normalized spacial score (nSPS) is 18.7. The van der Waals surface area contributed by atoms with E-state index >= 15 is 4.39 Å². The van der Waals surface area contributed by atoms with Crippen molar-refractivity contribution in [2.24, 2.45) is 21.8 Å². The number of benzene rings is 2. The van der Waals surface area contributed by atoms with Gasteiger partial charge in [0.15, 0.2) is 11.3 Å². The van der Waals surface area contributed by atoms with E-state index in [0.717, 1.165) is 116 Å². The van der Waals surface area contributed by atoms with Crippen LogP contribution >= 0.6 is 0 Å². The molecule has 0 bridgehead atoms. The number of fused-ring (bicyclic) bond motifs is 2. The van der Waals surface area contributed by atoms with Crippen LogP contribution in [0.5, 0.6) is 0 Å². The van der Waals surface area contributed by atoms with E-state index in [1.807, 2.05) is 57.9 Å². The molecule has 6 aromatic rings. The molecule has 2 atom stereocenters. The minimum Gasteiger partial charge on any atom is -0.335 e. The predicted octanol–water partition coefficient (Wildman–Crippen LogP) is 11.4. The third-order valence-electron chi connectivity index (χ3n) is 15.0. The highest BCUT2D eigenvalue weighted by Crippen LogP contribution is 2.35. The number of nitriles is 2. The Kier molecular flexibility index (Phi) is 16.1. The zero-order valence-corrected chi connectivity index (χ0v) is 42.9. The molecule has 378 valence electrons. The molecule has 2 aromatic carbocycles. The van der Waals surface area contributed by atoms with Crippen LogP contribution < -0.4 is 0 Å². The van der Waals surface area contributed by atoms with Gasteiger partial charge in [0.1, 0.15) is 17.2 Å². The van der Waals surface area contributed by atoms with Crippen molar-refractivity contribution < 1.29 is 14.0 Å². The van der Waals surface area contributed by atoms with E-state index in [2.05, 4.69) is 65.1 Å². The highest BCUT2D eigenvalue weighted by molar-refractivity contribution is 5.94. The molecule has 73 heavy (non-hydrogen) atoms. The summed E-state index contributed by atoms with van der Waals surface area (Å²) in [6.45, 7) is 9.88. The van der Waals surface area contributed by atoms with Crippen LogP contribution in [0.4, 0.5) is 4.39 Å². The molecule has 2 aliphatic carbocycles. The summed E-state index contributed by atoms with van der Waals surface area (Å²) in [4.78, 5) is 48.1. The van der Waals surface area contributed by atoms with E-state index in [1.54, 1.807) is 16.6 Å². The average Bonchev–Trinajstić information content (AvgIpc) is 4.33. The molecule has 0 radical (unpaired) electrons. The molecule has 2 aliphatic heterocycles. The van der Waals surface area contributed by atoms with Crippen LogP contribution in [0.25, 0.3) is 33.8 Å². The Bertz CT molecular complexity index is 3110. The maximum Gasteiger partial charge on any atom is 0.272 e. The Hall–Kier alpha value is -7.13. The number of likely N-dealkylation sites (tertiary alicyclic amines) is 2. The van der Waals surface area contributed by atoms with Gasteiger partial charge in [0.05, 0.1) is 11.4 Å². The number of rotatable bonds is 14. The summed E-state index contributed by atoms with van der Waals surface area (Å²) in [6.07, 6.45) is 21.8. The highest BCUT2D eigenvalue weighted by Gasteiger charge is 2.28. The fourth-order valence-electron chi connectivity index (χ4n) is 10.4. The van der Waals surface area contributed by atoms with Crippen molar-refractivity contribution in [2.45, 2.75) is 155 Å². The second-order valence-electron chi connectivity index (χ2n) is 20.7. The van der Waals surface area contributed by atoms with Crippen LogP contribution in [0.2, 0.25) is 0 Å². The van der Waals surface area contributed by atoms with Crippen LogP contribution in [0.3, 0.4) is 0 Å². The Morgan fingerprint density at radius 1 is 0.616 bits per heavy atom. The first kappa shape index (κ1) is 50.8. The Labute approximate surface area is 428 Å². The second kappa shape index (κ2) is 23.2. The Morgan fingerprint density at radius 2 is 1.10 bits per heavy atom. The molecule has 0 spiro atoms. The first-order chi connectivity index (χ1) is 35.5. The maximum atomic E-state index is 15.3. The van der Waals surface area contributed by atoms with Crippen molar-refractivity contribution in [3.8, 4) is 34.9 Å². The van der Waals surface area contributed by atoms with E-state index < -0.39 is 0 Å². The predicted molar refractivity (Wildman–Crippen MR) is 282 cm³/mol.